The van der Waals surface area contributed by atoms with Crippen molar-refractivity contribution in [2.75, 3.05) is 33.3 Å². The maximum Gasteiger partial charge on any atom is 0.339 e. The van der Waals surface area contributed by atoms with E-state index in [4.69, 9.17) is 4.74 Å². The van der Waals surface area contributed by atoms with E-state index in [1.165, 1.54) is 0 Å². The Balaban J connectivity index is 1.82. The Hall–Kier alpha value is -2.60. The zero-order chi connectivity index (χ0) is 20.3. The smallest absolute Gasteiger partial charge is 0.339 e. The zero-order valence-electron chi connectivity index (χ0n) is 17.1. The Kier molecular flexibility index (Phi) is 6.19. The number of ether oxygens (including phenoxy) is 1. The van der Waals surface area contributed by atoms with Crippen molar-refractivity contribution in [1.29, 1.82) is 0 Å². The van der Waals surface area contributed by atoms with E-state index >= 15 is 0 Å². The summed E-state index contributed by atoms with van der Waals surface area (Å²) >= 11 is 0. The summed E-state index contributed by atoms with van der Waals surface area (Å²) in [6.07, 6.45) is 0. The SMILES string of the molecule is CCOC(=O)c1cc(C)n(CC(=O)N2CCN(C)C[C@H]2c2ccccc2)c1C. The van der Waals surface area contributed by atoms with Gasteiger partial charge in [-0.25, -0.2) is 4.79 Å². The molecule has 1 aliphatic rings. The molecule has 6 nitrogen and oxygen atoms in total. The van der Waals surface area contributed by atoms with E-state index < -0.39 is 0 Å². The van der Waals surface area contributed by atoms with Gasteiger partial charge in [0.1, 0.15) is 6.54 Å². The summed E-state index contributed by atoms with van der Waals surface area (Å²) in [4.78, 5) is 29.6. The van der Waals surface area contributed by atoms with Crippen LogP contribution in [0.15, 0.2) is 36.4 Å². The van der Waals surface area contributed by atoms with Gasteiger partial charge in [0.15, 0.2) is 0 Å². The summed E-state index contributed by atoms with van der Waals surface area (Å²) < 4.78 is 7.04. The van der Waals surface area contributed by atoms with E-state index in [0.717, 1.165) is 30.0 Å². The zero-order valence-corrected chi connectivity index (χ0v) is 17.1. The fourth-order valence-corrected chi connectivity index (χ4v) is 3.86. The third kappa shape index (κ3) is 4.12. The van der Waals surface area contributed by atoms with E-state index in [2.05, 4.69) is 24.1 Å². The van der Waals surface area contributed by atoms with Gasteiger partial charge in [0.2, 0.25) is 5.91 Å². The van der Waals surface area contributed by atoms with Crippen LogP contribution in [0, 0.1) is 13.8 Å². The van der Waals surface area contributed by atoms with Crippen molar-refractivity contribution in [2.24, 2.45) is 0 Å². The van der Waals surface area contributed by atoms with Crippen LogP contribution in [-0.4, -0.2) is 59.5 Å². The van der Waals surface area contributed by atoms with Crippen molar-refractivity contribution in [3.63, 3.8) is 0 Å². The summed E-state index contributed by atoms with van der Waals surface area (Å²) in [5.74, 6) is -0.268. The molecule has 0 saturated carbocycles. The molecule has 1 fully saturated rings. The Labute approximate surface area is 166 Å². The molecule has 28 heavy (non-hydrogen) atoms. The largest absolute Gasteiger partial charge is 0.462 e. The number of nitrogens with zero attached hydrogens (tertiary/aromatic N) is 3. The number of aryl methyl sites for hydroxylation is 1. The molecule has 0 radical (unpaired) electrons. The number of likely N-dealkylation sites (N-methyl/N-ethyl adjacent to an activating group) is 1. The number of amides is 1. The molecule has 0 N–H and O–H groups in total. The summed E-state index contributed by atoms with van der Waals surface area (Å²) in [6.45, 7) is 8.50. The van der Waals surface area contributed by atoms with Crippen LogP contribution in [0.1, 0.15) is 40.3 Å². The molecule has 1 amide bonds. The van der Waals surface area contributed by atoms with Crippen LogP contribution in [0.5, 0.6) is 0 Å². The minimum absolute atomic E-state index is 0.0353. The van der Waals surface area contributed by atoms with Crippen LogP contribution in [0.4, 0.5) is 0 Å². The molecular formula is C22H29N3O3. The van der Waals surface area contributed by atoms with Crippen LogP contribution in [0.25, 0.3) is 0 Å². The van der Waals surface area contributed by atoms with E-state index in [9.17, 15) is 9.59 Å². The molecule has 1 aromatic carbocycles. The van der Waals surface area contributed by atoms with Crippen molar-refractivity contribution in [2.45, 2.75) is 33.4 Å². The fraction of sp³-hybridized carbons (Fsp3) is 0.455. The fourth-order valence-electron chi connectivity index (χ4n) is 3.86. The molecule has 1 aromatic heterocycles. The number of carbonyl (C=O) groups excluding carboxylic acids is 2. The molecule has 2 heterocycles. The Bertz CT molecular complexity index is 844. The summed E-state index contributed by atoms with van der Waals surface area (Å²) in [5, 5.41) is 0. The second kappa shape index (κ2) is 8.61. The quantitative estimate of drug-likeness (QED) is 0.745. The van der Waals surface area contributed by atoms with Crippen LogP contribution in [0.3, 0.4) is 0 Å². The lowest BCUT2D eigenvalue weighted by molar-refractivity contribution is -0.136. The van der Waals surface area contributed by atoms with Gasteiger partial charge in [-0.05, 0) is 39.4 Å². The van der Waals surface area contributed by atoms with Crippen molar-refractivity contribution >= 4 is 11.9 Å². The molecule has 0 bridgehead atoms. The van der Waals surface area contributed by atoms with Crippen molar-refractivity contribution < 1.29 is 14.3 Å². The number of benzene rings is 1. The van der Waals surface area contributed by atoms with Gasteiger partial charge in [0.25, 0.3) is 0 Å². The molecule has 0 aliphatic carbocycles. The molecule has 6 heteroatoms. The number of aromatic nitrogens is 1. The van der Waals surface area contributed by atoms with E-state index in [-0.39, 0.29) is 24.5 Å². The highest BCUT2D eigenvalue weighted by atomic mass is 16.5. The van der Waals surface area contributed by atoms with E-state index in [0.29, 0.717) is 18.7 Å². The molecule has 1 aliphatic heterocycles. The normalized spacial score (nSPS) is 17.6. The van der Waals surface area contributed by atoms with E-state index in [1.807, 2.05) is 41.5 Å². The highest BCUT2D eigenvalue weighted by Crippen LogP contribution is 2.26. The Morgan fingerprint density at radius 1 is 1.14 bits per heavy atom. The molecule has 1 atom stereocenters. The number of rotatable bonds is 5. The number of hydrogen-bond donors (Lipinski definition) is 0. The average Bonchev–Trinajstić information content (AvgIpc) is 2.97. The maximum absolute atomic E-state index is 13.2. The Morgan fingerprint density at radius 2 is 1.86 bits per heavy atom. The summed E-state index contributed by atoms with van der Waals surface area (Å²) in [7, 11) is 2.09. The van der Waals surface area contributed by atoms with Gasteiger partial charge in [-0.15, -0.1) is 0 Å². The molecule has 0 unspecified atom stereocenters. The van der Waals surface area contributed by atoms with Gasteiger partial charge >= 0.3 is 5.97 Å². The summed E-state index contributed by atoms with van der Waals surface area (Å²) in [6, 6.07) is 12.0. The van der Waals surface area contributed by atoms with Crippen molar-refractivity contribution in [1.82, 2.24) is 14.4 Å². The number of carbonyl (C=O) groups is 2. The second-order valence-electron chi connectivity index (χ2n) is 7.37. The standard InChI is InChI=1S/C22H29N3O3/c1-5-28-22(27)19-13-16(2)25(17(19)3)15-21(26)24-12-11-23(4)14-20(24)18-9-7-6-8-10-18/h6-10,13,20H,5,11-12,14-15H2,1-4H3/t20-/m0/s1. The van der Waals surface area contributed by atoms with Crippen LogP contribution < -0.4 is 0 Å². The maximum atomic E-state index is 13.2. The third-order valence-electron chi connectivity index (χ3n) is 5.45. The monoisotopic (exact) mass is 383 g/mol. The van der Waals surface area contributed by atoms with Crippen molar-refractivity contribution in [3.8, 4) is 0 Å². The predicted molar refractivity (Wildman–Crippen MR) is 108 cm³/mol. The second-order valence-corrected chi connectivity index (χ2v) is 7.37. The van der Waals surface area contributed by atoms with Gasteiger partial charge in [-0.1, -0.05) is 30.3 Å². The highest BCUT2D eigenvalue weighted by molar-refractivity contribution is 5.91. The number of piperazine rings is 1. The average molecular weight is 383 g/mol. The lowest BCUT2D eigenvalue weighted by Gasteiger charge is -2.40. The first-order valence-electron chi connectivity index (χ1n) is 9.79. The van der Waals surface area contributed by atoms with Crippen molar-refractivity contribution in [3.05, 3.63) is 58.9 Å². The lowest BCUT2D eigenvalue weighted by Crippen LogP contribution is -2.50. The third-order valence-corrected chi connectivity index (χ3v) is 5.45. The first-order chi connectivity index (χ1) is 13.4. The van der Waals surface area contributed by atoms with Crippen LogP contribution >= 0.6 is 0 Å². The minimum atomic E-state index is -0.337. The van der Waals surface area contributed by atoms with Gasteiger partial charge in [-0.2, -0.15) is 0 Å². The number of esters is 1. The lowest BCUT2D eigenvalue weighted by atomic mass is 10.0. The van der Waals surface area contributed by atoms with Crippen LogP contribution in [0.2, 0.25) is 0 Å². The van der Waals surface area contributed by atoms with Gasteiger partial charge in [0, 0.05) is 31.0 Å². The number of hydrogen-bond acceptors (Lipinski definition) is 4. The van der Waals surface area contributed by atoms with Crippen LogP contribution in [-0.2, 0) is 16.1 Å². The predicted octanol–water partition coefficient (Wildman–Crippen LogP) is 2.80. The first-order valence-corrected chi connectivity index (χ1v) is 9.79. The highest BCUT2D eigenvalue weighted by Gasteiger charge is 2.31. The van der Waals surface area contributed by atoms with E-state index in [1.54, 1.807) is 13.0 Å². The molecule has 1 saturated heterocycles. The van der Waals surface area contributed by atoms with Gasteiger partial charge < -0.3 is 19.1 Å². The minimum Gasteiger partial charge on any atom is -0.462 e. The molecule has 3 rings (SSSR count). The molecule has 150 valence electrons. The molecular weight excluding hydrogens is 354 g/mol. The van der Waals surface area contributed by atoms with Gasteiger partial charge in [-0.3, -0.25) is 4.79 Å². The topological polar surface area (TPSA) is 54.8 Å². The van der Waals surface area contributed by atoms with Gasteiger partial charge in [0.05, 0.1) is 18.2 Å². The Morgan fingerprint density at radius 3 is 2.54 bits per heavy atom. The molecule has 0 spiro atoms. The molecule has 2 aromatic rings. The first kappa shape index (κ1) is 20.1. The summed E-state index contributed by atoms with van der Waals surface area (Å²) in [5.41, 5.74) is 3.34.